The maximum Gasteiger partial charge on any atom is 0.253 e. The summed E-state index contributed by atoms with van der Waals surface area (Å²) in [4.78, 5) is 0. The van der Waals surface area contributed by atoms with Gasteiger partial charge in [0.25, 0.3) is 5.41 Å². The Hall–Kier alpha value is -2.90. The Morgan fingerprint density at radius 2 is 1.39 bits per heavy atom. The third-order valence-electron chi connectivity index (χ3n) is 2.74. The van der Waals surface area contributed by atoms with Gasteiger partial charge in [0.05, 0.1) is 0 Å². The highest BCUT2D eigenvalue weighted by molar-refractivity contribution is 5.84. The second-order valence-corrected chi connectivity index (χ2v) is 3.79. The molecule has 0 aromatic heterocycles. The molecule has 18 heavy (non-hydrogen) atoms. The van der Waals surface area contributed by atoms with E-state index in [1.54, 1.807) is 36.4 Å². The Bertz CT molecular complexity index is 708. The Balaban J connectivity index is 2.70. The van der Waals surface area contributed by atoms with E-state index in [-0.39, 0.29) is 5.82 Å². The second-order valence-electron chi connectivity index (χ2n) is 3.79. The first-order valence-corrected chi connectivity index (χ1v) is 5.09. The first-order chi connectivity index (χ1) is 8.65. The van der Waals surface area contributed by atoms with Gasteiger partial charge in [0.1, 0.15) is 24.0 Å². The zero-order valence-corrected chi connectivity index (χ0v) is 9.18. The molecule has 2 aromatic rings. The third-order valence-corrected chi connectivity index (χ3v) is 2.74. The van der Waals surface area contributed by atoms with Crippen LogP contribution in [0.15, 0.2) is 36.4 Å². The molecule has 4 heteroatoms. The SMILES string of the molecule is N#CC(C#N)(C#N)c1ccc2cc(F)ccc2c1. The number of halogens is 1. The molecular weight excluding hydrogens is 229 g/mol. The number of hydrogen-bond donors (Lipinski definition) is 0. The number of nitrogens with zero attached hydrogens (tertiary/aromatic N) is 3. The minimum Gasteiger partial charge on any atom is -0.207 e. The molecule has 0 atom stereocenters. The molecule has 0 heterocycles. The topological polar surface area (TPSA) is 71.4 Å². The lowest BCUT2D eigenvalue weighted by atomic mass is 9.84. The molecule has 0 saturated heterocycles. The number of fused-ring (bicyclic) bond motifs is 1. The van der Waals surface area contributed by atoms with Crippen LogP contribution in [0.2, 0.25) is 0 Å². The molecule has 0 aliphatic heterocycles. The van der Waals surface area contributed by atoms with Crippen molar-refractivity contribution in [3.63, 3.8) is 0 Å². The monoisotopic (exact) mass is 235 g/mol. The van der Waals surface area contributed by atoms with Gasteiger partial charge in [0.2, 0.25) is 0 Å². The lowest BCUT2D eigenvalue weighted by molar-refractivity contribution is 0.629. The highest BCUT2D eigenvalue weighted by atomic mass is 19.1. The molecule has 2 rings (SSSR count). The lowest BCUT2D eigenvalue weighted by Crippen LogP contribution is -2.18. The van der Waals surface area contributed by atoms with E-state index in [4.69, 9.17) is 15.8 Å². The van der Waals surface area contributed by atoms with Crippen LogP contribution in [0.5, 0.6) is 0 Å². The largest absolute Gasteiger partial charge is 0.253 e. The molecule has 2 aromatic carbocycles. The van der Waals surface area contributed by atoms with Gasteiger partial charge in [0.15, 0.2) is 0 Å². The van der Waals surface area contributed by atoms with Crippen molar-refractivity contribution in [1.29, 1.82) is 15.8 Å². The van der Waals surface area contributed by atoms with Crippen molar-refractivity contribution >= 4 is 10.8 Å². The van der Waals surface area contributed by atoms with E-state index in [1.807, 2.05) is 0 Å². The van der Waals surface area contributed by atoms with Crippen LogP contribution >= 0.6 is 0 Å². The average Bonchev–Trinajstić information content (AvgIpc) is 2.41. The number of hydrogen-bond acceptors (Lipinski definition) is 3. The Labute approximate surface area is 103 Å². The average molecular weight is 235 g/mol. The summed E-state index contributed by atoms with van der Waals surface area (Å²) >= 11 is 0. The van der Waals surface area contributed by atoms with Gasteiger partial charge in [-0.3, -0.25) is 0 Å². The fourth-order valence-electron chi connectivity index (χ4n) is 1.72. The molecule has 0 amide bonds. The minimum atomic E-state index is -1.82. The minimum absolute atomic E-state index is 0.300. The van der Waals surface area contributed by atoms with E-state index >= 15 is 0 Å². The molecule has 0 unspecified atom stereocenters. The molecule has 3 nitrogen and oxygen atoms in total. The Kier molecular flexibility index (Phi) is 2.68. The molecule has 0 fully saturated rings. The van der Waals surface area contributed by atoms with E-state index in [1.165, 1.54) is 18.2 Å². The van der Waals surface area contributed by atoms with Gasteiger partial charge in [-0.2, -0.15) is 15.8 Å². The van der Waals surface area contributed by atoms with Crippen molar-refractivity contribution in [3.05, 3.63) is 47.8 Å². The lowest BCUT2D eigenvalue weighted by Gasteiger charge is -2.10. The van der Waals surface area contributed by atoms with Gasteiger partial charge in [-0.05, 0) is 29.0 Å². The first-order valence-electron chi connectivity index (χ1n) is 5.09. The van der Waals surface area contributed by atoms with Gasteiger partial charge in [-0.1, -0.05) is 18.2 Å². The third kappa shape index (κ3) is 1.65. The molecule has 0 radical (unpaired) electrons. The maximum absolute atomic E-state index is 13.0. The molecule has 0 bridgehead atoms. The van der Waals surface area contributed by atoms with Crippen molar-refractivity contribution in [1.82, 2.24) is 0 Å². The normalized spacial score (nSPS) is 10.3. The van der Waals surface area contributed by atoms with E-state index in [0.717, 1.165) is 0 Å². The molecule has 0 aliphatic rings. The predicted molar refractivity (Wildman–Crippen MR) is 62.4 cm³/mol. The number of nitriles is 3. The highest BCUT2D eigenvalue weighted by Gasteiger charge is 2.32. The fourth-order valence-corrected chi connectivity index (χ4v) is 1.72. The summed E-state index contributed by atoms with van der Waals surface area (Å²) < 4.78 is 13.0. The van der Waals surface area contributed by atoms with Crippen LogP contribution in [0.25, 0.3) is 10.8 Å². The molecule has 84 valence electrons. The zero-order chi connectivity index (χ0) is 13.2. The summed E-state index contributed by atoms with van der Waals surface area (Å²) in [6.07, 6.45) is 0. The van der Waals surface area contributed by atoms with Crippen LogP contribution in [-0.4, -0.2) is 0 Å². The predicted octanol–water partition coefficient (Wildman–Crippen LogP) is 2.79. The maximum atomic E-state index is 13.0. The first kappa shape index (κ1) is 11.6. The van der Waals surface area contributed by atoms with Gasteiger partial charge >= 0.3 is 0 Å². The highest BCUT2D eigenvalue weighted by Crippen LogP contribution is 2.26. The summed E-state index contributed by atoms with van der Waals surface area (Å²) in [6.45, 7) is 0. The van der Waals surface area contributed by atoms with Crippen molar-refractivity contribution in [2.75, 3.05) is 0 Å². The van der Waals surface area contributed by atoms with Crippen LogP contribution < -0.4 is 0 Å². The Morgan fingerprint density at radius 1 is 0.833 bits per heavy atom. The van der Waals surface area contributed by atoms with Gasteiger partial charge in [-0.25, -0.2) is 4.39 Å². The van der Waals surface area contributed by atoms with Gasteiger partial charge < -0.3 is 0 Å². The summed E-state index contributed by atoms with van der Waals surface area (Å²) in [5.74, 6) is -0.359. The second kappa shape index (κ2) is 4.17. The van der Waals surface area contributed by atoms with Crippen LogP contribution in [0.1, 0.15) is 5.56 Å². The molecular formula is C14H6FN3. The van der Waals surface area contributed by atoms with Crippen molar-refractivity contribution in [3.8, 4) is 18.2 Å². The number of rotatable bonds is 1. The standard InChI is InChI=1S/C14H6FN3/c15-13-4-2-10-5-12(3-1-11(10)6-13)14(7-16,8-17)9-18/h1-6H. The Morgan fingerprint density at radius 3 is 2.00 bits per heavy atom. The summed E-state index contributed by atoms with van der Waals surface area (Å²) in [7, 11) is 0. The zero-order valence-electron chi connectivity index (χ0n) is 9.18. The molecule has 0 spiro atoms. The van der Waals surface area contributed by atoms with Gasteiger partial charge in [0, 0.05) is 5.56 Å². The molecule has 0 saturated carbocycles. The summed E-state index contributed by atoms with van der Waals surface area (Å²) in [5.41, 5.74) is -1.52. The smallest absolute Gasteiger partial charge is 0.207 e. The van der Waals surface area contributed by atoms with Crippen molar-refractivity contribution in [2.45, 2.75) is 5.41 Å². The number of benzene rings is 2. The van der Waals surface area contributed by atoms with E-state index < -0.39 is 5.41 Å². The summed E-state index contributed by atoms with van der Waals surface area (Å²) in [6, 6.07) is 14.0. The van der Waals surface area contributed by atoms with Crippen LogP contribution in [0.4, 0.5) is 4.39 Å². The van der Waals surface area contributed by atoms with Crippen molar-refractivity contribution in [2.24, 2.45) is 0 Å². The van der Waals surface area contributed by atoms with E-state index in [9.17, 15) is 4.39 Å². The van der Waals surface area contributed by atoms with Gasteiger partial charge in [-0.15, -0.1) is 0 Å². The molecule has 0 aliphatic carbocycles. The fraction of sp³-hybridized carbons (Fsp3) is 0.0714. The molecule has 0 N–H and O–H groups in total. The van der Waals surface area contributed by atoms with Crippen LogP contribution in [0, 0.1) is 39.8 Å². The van der Waals surface area contributed by atoms with E-state index in [2.05, 4.69) is 0 Å². The van der Waals surface area contributed by atoms with Crippen LogP contribution in [-0.2, 0) is 5.41 Å². The van der Waals surface area contributed by atoms with Crippen molar-refractivity contribution < 1.29 is 4.39 Å². The van der Waals surface area contributed by atoms with Crippen LogP contribution in [0.3, 0.4) is 0 Å². The summed E-state index contributed by atoms with van der Waals surface area (Å²) in [5, 5.41) is 28.3. The van der Waals surface area contributed by atoms with E-state index in [0.29, 0.717) is 16.3 Å². The quantitative estimate of drug-likeness (QED) is 0.762.